The van der Waals surface area contributed by atoms with Crippen molar-refractivity contribution in [2.45, 2.75) is 44.9 Å². The highest BCUT2D eigenvalue weighted by atomic mass is 35.5. The molecule has 0 bridgehead atoms. The van der Waals surface area contributed by atoms with Crippen LogP contribution in [0.2, 0.25) is 0 Å². The molecule has 2 N–H and O–H groups in total. The third-order valence-corrected chi connectivity index (χ3v) is 7.60. The topological polar surface area (TPSA) is 61.0 Å². The number of carbonyl (C=O) groups is 1. The Morgan fingerprint density at radius 1 is 1.21 bits per heavy atom. The Bertz CT molecular complexity index is 1190. The molecule has 1 amide bonds. The molecular formula is C28H31ClN4O. The van der Waals surface area contributed by atoms with Gasteiger partial charge in [-0.25, -0.2) is 0 Å². The molecule has 5 rings (SSSR count). The smallest absolute Gasteiger partial charge is 0.255 e. The minimum absolute atomic E-state index is 0.108. The zero-order valence-corrected chi connectivity index (χ0v) is 20.4. The maximum Gasteiger partial charge on any atom is 0.255 e. The number of halogens is 1. The van der Waals surface area contributed by atoms with Crippen molar-refractivity contribution >= 4 is 28.2 Å². The number of likely N-dealkylation sites (tertiary alicyclic amines) is 1. The lowest BCUT2D eigenvalue weighted by atomic mass is 9.86. The molecule has 0 atom stereocenters. The molecule has 3 aromatic rings. The summed E-state index contributed by atoms with van der Waals surface area (Å²) in [6.45, 7) is 5.41. The van der Waals surface area contributed by atoms with E-state index in [1.165, 1.54) is 35.1 Å². The zero-order chi connectivity index (χ0) is 23.5. The summed E-state index contributed by atoms with van der Waals surface area (Å²) in [7, 11) is 0. The van der Waals surface area contributed by atoms with Gasteiger partial charge in [0.1, 0.15) is 0 Å². The van der Waals surface area contributed by atoms with E-state index in [4.69, 9.17) is 11.6 Å². The Labute approximate surface area is 206 Å². The number of nitrogens with zero attached hydrogens (tertiary/aromatic N) is 2. The molecule has 1 fully saturated rings. The average molecular weight is 475 g/mol. The van der Waals surface area contributed by atoms with E-state index >= 15 is 0 Å². The van der Waals surface area contributed by atoms with Crippen LogP contribution in [0.15, 0.2) is 55.0 Å². The Hall–Kier alpha value is -2.89. The fraction of sp³-hybridized carbons (Fsp3) is 0.357. The fourth-order valence-electron chi connectivity index (χ4n) is 5.23. The van der Waals surface area contributed by atoms with Crippen molar-refractivity contribution in [3.63, 3.8) is 0 Å². The van der Waals surface area contributed by atoms with Crippen molar-refractivity contribution in [2.24, 2.45) is 0 Å². The Balaban J connectivity index is 1.16. The quantitative estimate of drug-likeness (QED) is 0.466. The zero-order valence-electron chi connectivity index (χ0n) is 19.6. The second kappa shape index (κ2) is 10.2. The standard InChI is InChI=1S/C28H31ClN4O/c1-19-5-6-23(32-28(34)21-7-12-30-13-8-21)17-22(19)11-16-33-14-9-20(10-15-33)25-18-31-27-24(25)3-2-4-26(27)29/h4-8,12-13,17-18,20,31H,2-3,9-11,14-16H2,1H3,(H,32,34). The van der Waals surface area contributed by atoms with Gasteiger partial charge in [-0.15, -0.1) is 0 Å². The number of allylic oxidation sites excluding steroid dienone is 1. The first-order valence-electron chi connectivity index (χ1n) is 12.2. The second-order valence-electron chi connectivity index (χ2n) is 9.39. The van der Waals surface area contributed by atoms with Crippen LogP contribution in [-0.4, -0.2) is 40.4 Å². The third-order valence-electron chi connectivity index (χ3n) is 7.25. The number of anilines is 1. The Kier molecular flexibility index (Phi) is 6.84. The highest BCUT2D eigenvalue weighted by Gasteiger charge is 2.26. The van der Waals surface area contributed by atoms with Gasteiger partial charge < -0.3 is 15.2 Å². The van der Waals surface area contributed by atoms with Crippen LogP contribution in [0.5, 0.6) is 0 Å². The first kappa shape index (κ1) is 22.9. The van der Waals surface area contributed by atoms with E-state index in [1.807, 2.05) is 6.07 Å². The van der Waals surface area contributed by atoms with Crippen LogP contribution in [0.3, 0.4) is 0 Å². The van der Waals surface area contributed by atoms with Crippen LogP contribution in [0, 0.1) is 6.92 Å². The van der Waals surface area contributed by atoms with Gasteiger partial charge in [0.2, 0.25) is 0 Å². The normalized spacial score (nSPS) is 16.7. The molecule has 6 heteroatoms. The molecule has 1 aliphatic carbocycles. The molecular weight excluding hydrogens is 444 g/mol. The van der Waals surface area contributed by atoms with Crippen molar-refractivity contribution in [2.75, 3.05) is 25.0 Å². The van der Waals surface area contributed by atoms with Gasteiger partial charge in [-0.3, -0.25) is 9.78 Å². The molecule has 34 heavy (non-hydrogen) atoms. The van der Waals surface area contributed by atoms with Crippen LogP contribution >= 0.6 is 11.6 Å². The second-order valence-corrected chi connectivity index (χ2v) is 9.79. The number of hydrogen-bond acceptors (Lipinski definition) is 3. The number of rotatable bonds is 6. The summed E-state index contributed by atoms with van der Waals surface area (Å²) in [5, 5.41) is 3.89. The van der Waals surface area contributed by atoms with E-state index in [-0.39, 0.29) is 5.91 Å². The predicted octanol–water partition coefficient (Wildman–Crippen LogP) is 5.92. The van der Waals surface area contributed by atoms with Gasteiger partial charge in [0.15, 0.2) is 0 Å². The number of pyridine rings is 1. The van der Waals surface area contributed by atoms with Gasteiger partial charge in [0.05, 0.1) is 10.7 Å². The van der Waals surface area contributed by atoms with Crippen LogP contribution < -0.4 is 5.32 Å². The fourth-order valence-corrected chi connectivity index (χ4v) is 5.51. The van der Waals surface area contributed by atoms with Crippen molar-refractivity contribution in [3.8, 4) is 0 Å². The monoisotopic (exact) mass is 474 g/mol. The molecule has 0 spiro atoms. The molecule has 2 aliphatic rings. The van der Waals surface area contributed by atoms with Gasteiger partial charge in [0.25, 0.3) is 5.91 Å². The third kappa shape index (κ3) is 4.96. The van der Waals surface area contributed by atoms with Crippen molar-refractivity contribution in [1.82, 2.24) is 14.9 Å². The molecule has 3 heterocycles. The average Bonchev–Trinajstić information content (AvgIpc) is 3.31. The summed E-state index contributed by atoms with van der Waals surface area (Å²) < 4.78 is 0. The van der Waals surface area contributed by atoms with Crippen LogP contribution in [0.4, 0.5) is 5.69 Å². The highest BCUT2D eigenvalue weighted by Crippen LogP contribution is 2.37. The van der Waals surface area contributed by atoms with E-state index < -0.39 is 0 Å². The summed E-state index contributed by atoms with van der Waals surface area (Å²) in [6, 6.07) is 9.64. The van der Waals surface area contributed by atoms with E-state index in [0.717, 1.165) is 55.3 Å². The number of piperidine rings is 1. The molecule has 1 aliphatic heterocycles. The SMILES string of the molecule is Cc1ccc(NC(=O)c2ccncc2)cc1CCN1CCC(c2c[nH]c3c2CCC=C3Cl)CC1. The number of fused-ring (bicyclic) bond motifs is 1. The summed E-state index contributed by atoms with van der Waals surface area (Å²) in [6.07, 6.45) is 13.1. The molecule has 0 radical (unpaired) electrons. The van der Waals surface area contributed by atoms with Gasteiger partial charge in [-0.1, -0.05) is 23.7 Å². The van der Waals surface area contributed by atoms with Gasteiger partial charge in [-0.05, 0) is 105 Å². The van der Waals surface area contributed by atoms with Crippen molar-refractivity contribution in [1.29, 1.82) is 0 Å². The van der Waals surface area contributed by atoms with E-state index in [9.17, 15) is 4.79 Å². The number of hydrogen-bond donors (Lipinski definition) is 2. The minimum atomic E-state index is -0.108. The lowest BCUT2D eigenvalue weighted by molar-refractivity contribution is 0.102. The molecule has 0 unspecified atom stereocenters. The van der Waals surface area contributed by atoms with Gasteiger partial charge in [-0.2, -0.15) is 0 Å². The molecule has 2 aromatic heterocycles. The summed E-state index contributed by atoms with van der Waals surface area (Å²) in [5.74, 6) is 0.510. The molecule has 0 saturated carbocycles. The van der Waals surface area contributed by atoms with Crippen LogP contribution in [0.25, 0.3) is 5.03 Å². The highest BCUT2D eigenvalue weighted by molar-refractivity contribution is 6.48. The van der Waals surface area contributed by atoms with Crippen LogP contribution in [-0.2, 0) is 12.8 Å². The number of aryl methyl sites for hydroxylation is 1. The molecule has 5 nitrogen and oxygen atoms in total. The lowest BCUT2D eigenvalue weighted by Crippen LogP contribution is -2.34. The van der Waals surface area contributed by atoms with Gasteiger partial charge >= 0.3 is 0 Å². The molecule has 176 valence electrons. The predicted molar refractivity (Wildman–Crippen MR) is 138 cm³/mol. The number of amides is 1. The number of benzene rings is 1. The van der Waals surface area contributed by atoms with Crippen LogP contribution in [0.1, 0.15) is 63.5 Å². The number of H-pyrrole nitrogens is 1. The van der Waals surface area contributed by atoms with E-state index in [1.54, 1.807) is 24.5 Å². The Morgan fingerprint density at radius 2 is 2.00 bits per heavy atom. The maximum absolute atomic E-state index is 12.5. The van der Waals surface area contributed by atoms with Crippen molar-refractivity contribution in [3.05, 3.63) is 88.5 Å². The first-order chi connectivity index (χ1) is 16.6. The number of nitrogens with one attached hydrogen (secondary N) is 2. The summed E-state index contributed by atoms with van der Waals surface area (Å²) in [4.78, 5) is 22.5. The number of aromatic amines is 1. The molecule has 1 aromatic carbocycles. The summed E-state index contributed by atoms with van der Waals surface area (Å²) in [5.41, 5.74) is 8.06. The minimum Gasteiger partial charge on any atom is -0.360 e. The Morgan fingerprint density at radius 3 is 2.79 bits per heavy atom. The van der Waals surface area contributed by atoms with E-state index in [0.29, 0.717) is 11.5 Å². The number of aromatic nitrogens is 2. The maximum atomic E-state index is 12.5. The van der Waals surface area contributed by atoms with E-state index in [2.05, 4.69) is 51.5 Å². The summed E-state index contributed by atoms with van der Waals surface area (Å²) >= 11 is 6.40. The number of carbonyl (C=O) groups excluding carboxylic acids is 1. The largest absolute Gasteiger partial charge is 0.360 e. The molecule has 1 saturated heterocycles. The van der Waals surface area contributed by atoms with Gasteiger partial charge in [0, 0.05) is 36.4 Å². The van der Waals surface area contributed by atoms with Crippen molar-refractivity contribution < 1.29 is 4.79 Å². The first-order valence-corrected chi connectivity index (χ1v) is 12.6. The lowest BCUT2D eigenvalue weighted by Gasteiger charge is -2.32.